The lowest BCUT2D eigenvalue weighted by atomic mass is 10.0. The number of rotatable bonds is 5. The lowest BCUT2D eigenvalue weighted by Gasteiger charge is -2.11. The zero-order valence-corrected chi connectivity index (χ0v) is 13.3. The van der Waals surface area contributed by atoms with Gasteiger partial charge in [-0.15, -0.1) is 10.2 Å². The number of hydrogen-bond donors (Lipinski definition) is 1. The molecule has 0 spiro atoms. The van der Waals surface area contributed by atoms with Crippen LogP contribution >= 0.6 is 23.1 Å². The summed E-state index contributed by atoms with van der Waals surface area (Å²) in [6.07, 6.45) is 0. The molecule has 106 valence electrons. The molecule has 0 saturated carbocycles. The SMILES string of the molecule is CC(C)c1ccc(NC(=O)[C@H](C)Sc2nncs2)cc1. The Hall–Kier alpha value is -1.40. The number of nitrogens with zero attached hydrogens (tertiary/aromatic N) is 2. The average molecular weight is 307 g/mol. The molecular weight excluding hydrogens is 290 g/mol. The quantitative estimate of drug-likeness (QED) is 0.854. The highest BCUT2D eigenvalue weighted by Crippen LogP contribution is 2.25. The Morgan fingerprint density at radius 1 is 1.25 bits per heavy atom. The third kappa shape index (κ3) is 4.05. The Bertz CT molecular complexity index is 552. The summed E-state index contributed by atoms with van der Waals surface area (Å²) in [5, 5.41) is 10.4. The van der Waals surface area contributed by atoms with Crippen LogP contribution in [0.5, 0.6) is 0 Å². The van der Waals surface area contributed by atoms with Gasteiger partial charge in [-0.05, 0) is 30.5 Å². The van der Waals surface area contributed by atoms with Gasteiger partial charge in [-0.2, -0.15) is 0 Å². The van der Waals surface area contributed by atoms with Crippen LogP contribution in [0.3, 0.4) is 0 Å². The lowest BCUT2D eigenvalue weighted by molar-refractivity contribution is -0.115. The van der Waals surface area contributed by atoms with Crippen molar-refractivity contribution in [1.82, 2.24) is 10.2 Å². The standard InChI is InChI=1S/C14H17N3OS2/c1-9(2)11-4-6-12(7-5-11)16-13(18)10(3)20-14-17-15-8-19-14/h4-10H,1-3H3,(H,16,18)/t10-/m0/s1. The van der Waals surface area contributed by atoms with E-state index in [1.165, 1.54) is 28.7 Å². The number of hydrogen-bond acceptors (Lipinski definition) is 5. The van der Waals surface area contributed by atoms with Crippen LogP contribution in [0.4, 0.5) is 5.69 Å². The van der Waals surface area contributed by atoms with Crippen molar-refractivity contribution >= 4 is 34.7 Å². The molecule has 2 rings (SSSR count). The molecule has 0 radical (unpaired) electrons. The zero-order valence-electron chi connectivity index (χ0n) is 11.7. The molecule has 1 aromatic heterocycles. The van der Waals surface area contributed by atoms with E-state index >= 15 is 0 Å². The predicted molar refractivity (Wildman–Crippen MR) is 84.4 cm³/mol. The Morgan fingerprint density at radius 2 is 1.95 bits per heavy atom. The summed E-state index contributed by atoms with van der Waals surface area (Å²) in [5.41, 5.74) is 3.75. The summed E-state index contributed by atoms with van der Waals surface area (Å²) in [7, 11) is 0. The van der Waals surface area contributed by atoms with Crippen LogP contribution in [0.2, 0.25) is 0 Å². The van der Waals surface area contributed by atoms with Crippen molar-refractivity contribution in [3.05, 3.63) is 35.3 Å². The van der Waals surface area contributed by atoms with Crippen molar-refractivity contribution < 1.29 is 4.79 Å². The third-order valence-electron chi connectivity index (χ3n) is 2.83. The van der Waals surface area contributed by atoms with E-state index in [9.17, 15) is 4.79 Å². The summed E-state index contributed by atoms with van der Waals surface area (Å²) in [6.45, 7) is 6.16. The first-order chi connectivity index (χ1) is 9.56. The van der Waals surface area contributed by atoms with Gasteiger partial charge in [0.05, 0.1) is 5.25 Å². The highest BCUT2D eigenvalue weighted by molar-refractivity contribution is 8.02. The van der Waals surface area contributed by atoms with Gasteiger partial charge in [0.2, 0.25) is 5.91 Å². The number of thioether (sulfide) groups is 1. The van der Waals surface area contributed by atoms with Gasteiger partial charge in [0, 0.05) is 5.69 Å². The van der Waals surface area contributed by atoms with Gasteiger partial charge in [0.25, 0.3) is 0 Å². The second kappa shape index (κ2) is 6.85. The first-order valence-electron chi connectivity index (χ1n) is 6.40. The smallest absolute Gasteiger partial charge is 0.237 e. The Morgan fingerprint density at radius 3 is 2.50 bits per heavy atom. The van der Waals surface area contributed by atoms with Crippen LogP contribution in [0.15, 0.2) is 34.1 Å². The van der Waals surface area contributed by atoms with Gasteiger partial charge >= 0.3 is 0 Å². The molecule has 0 fully saturated rings. The molecule has 0 aliphatic carbocycles. The van der Waals surface area contributed by atoms with Crippen LogP contribution in [0.25, 0.3) is 0 Å². The molecule has 1 atom stereocenters. The lowest BCUT2D eigenvalue weighted by Crippen LogP contribution is -2.22. The maximum absolute atomic E-state index is 12.1. The van der Waals surface area contributed by atoms with Crippen LogP contribution in [-0.4, -0.2) is 21.4 Å². The fraction of sp³-hybridized carbons (Fsp3) is 0.357. The van der Waals surface area contributed by atoms with Crippen LogP contribution < -0.4 is 5.32 Å². The largest absolute Gasteiger partial charge is 0.325 e. The van der Waals surface area contributed by atoms with Gasteiger partial charge in [0.1, 0.15) is 5.51 Å². The molecule has 1 heterocycles. The van der Waals surface area contributed by atoms with E-state index in [0.29, 0.717) is 5.92 Å². The normalized spacial score (nSPS) is 12.4. The average Bonchev–Trinajstić information content (AvgIpc) is 2.92. The van der Waals surface area contributed by atoms with Gasteiger partial charge < -0.3 is 5.32 Å². The first-order valence-corrected chi connectivity index (χ1v) is 8.16. The van der Waals surface area contributed by atoms with Crippen LogP contribution in [0.1, 0.15) is 32.3 Å². The topological polar surface area (TPSA) is 54.9 Å². The summed E-state index contributed by atoms with van der Waals surface area (Å²) in [4.78, 5) is 12.1. The minimum Gasteiger partial charge on any atom is -0.325 e. The van der Waals surface area contributed by atoms with Gasteiger partial charge in [-0.25, -0.2) is 0 Å². The molecule has 1 N–H and O–H groups in total. The predicted octanol–water partition coefficient (Wildman–Crippen LogP) is 3.78. The van der Waals surface area contributed by atoms with E-state index in [4.69, 9.17) is 0 Å². The molecule has 6 heteroatoms. The van der Waals surface area contributed by atoms with Gasteiger partial charge in [0.15, 0.2) is 4.34 Å². The number of nitrogens with one attached hydrogen (secondary N) is 1. The molecule has 2 aromatic rings. The summed E-state index contributed by atoms with van der Waals surface area (Å²) in [5.74, 6) is 0.467. The number of amides is 1. The Labute approximate surface area is 127 Å². The van der Waals surface area contributed by atoms with Crippen molar-refractivity contribution in [2.24, 2.45) is 0 Å². The number of benzene rings is 1. The highest BCUT2D eigenvalue weighted by atomic mass is 32.2. The van der Waals surface area contributed by atoms with E-state index in [1.807, 2.05) is 31.2 Å². The van der Waals surface area contributed by atoms with Crippen molar-refractivity contribution in [3.63, 3.8) is 0 Å². The maximum atomic E-state index is 12.1. The zero-order chi connectivity index (χ0) is 14.5. The molecule has 1 aromatic carbocycles. The summed E-state index contributed by atoms with van der Waals surface area (Å²) >= 11 is 2.86. The molecule has 1 amide bonds. The van der Waals surface area contributed by atoms with Gasteiger partial charge in [-0.1, -0.05) is 49.1 Å². The van der Waals surface area contributed by atoms with E-state index in [1.54, 1.807) is 5.51 Å². The van der Waals surface area contributed by atoms with E-state index in [2.05, 4.69) is 29.4 Å². The summed E-state index contributed by atoms with van der Waals surface area (Å²) < 4.78 is 0.808. The minimum atomic E-state index is -0.201. The number of aromatic nitrogens is 2. The van der Waals surface area contributed by atoms with Crippen molar-refractivity contribution in [2.75, 3.05) is 5.32 Å². The number of anilines is 1. The van der Waals surface area contributed by atoms with E-state index in [0.717, 1.165) is 10.0 Å². The molecular formula is C14H17N3OS2. The molecule has 20 heavy (non-hydrogen) atoms. The second-order valence-corrected chi connectivity index (χ2v) is 7.15. The second-order valence-electron chi connectivity index (χ2n) is 4.73. The fourth-order valence-electron chi connectivity index (χ4n) is 1.61. The third-order valence-corrected chi connectivity index (χ3v) is 4.74. The number of carbonyl (C=O) groups excluding carboxylic acids is 1. The summed E-state index contributed by atoms with van der Waals surface area (Å²) in [6, 6.07) is 7.97. The van der Waals surface area contributed by atoms with Crippen LogP contribution in [-0.2, 0) is 4.79 Å². The first kappa shape index (κ1) is 15.0. The van der Waals surface area contributed by atoms with Crippen molar-refractivity contribution in [3.8, 4) is 0 Å². The highest BCUT2D eigenvalue weighted by Gasteiger charge is 2.16. The molecule has 4 nitrogen and oxygen atoms in total. The Balaban J connectivity index is 1.93. The minimum absolute atomic E-state index is 0.0255. The van der Waals surface area contributed by atoms with E-state index < -0.39 is 0 Å². The molecule has 0 aliphatic rings. The van der Waals surface area contributed by atoms with Crippen molar-refractivity contribution in [1.29, 1.82) is 0 Å². The molecule has 0 unspecified atom stereocenters. The van der Waals surface area contributed by atoms with Gasteiger partial charge in [-0.3, -0.25) is 4.79 Å². The van der Waals surface area contributed by atoms with E-state index in [-0.39, 0.29) is 11.2 Å². The maximum Gasteiger partial charge on any atom is 0.237 e. The monoisotopic (exact) mass is 307 g/mol. The van der Waals surface area contributed by atoms with Crippen molar-refractivity contribution in [2.45, 2.75) is 36.3 Å². The molecule has 0 saturated heterocycles. The molecule has 0 aliphatic heterocycles. The Kier molecular flexibility index (Phi) is 5.14. The molecule has 0 bridgehead atoms. The fourth-order valence-corrected chi connectivity index (χ4v) is 3.24. The number of carbonyl (C=O) groups is 1. The van der Waals surface area contributed by atoms with Crippen LogP contribution in [0, 0.1) is 0 Å².